The molecule has 3 N–H and O–H groups in total. The normalized spacial score (nSPS) is 24.2. The number of ether oxygens (including phenoxy) is 1. The third-order valence-electron chi connectivity index (χ3n) is 3.62. The van der Waals surface area contributed by atoms with Gasteiger partial charge in [0.2, 0.25) is 0 Å². The van der Waals surface area contributed by atoms with Gasteiger partial charge in [-0.3, -0.25) is 0 Å². The number of amides is 1. The molecular weight excluding hydrogens is 272 g/mol. The van der Waals surface area contributed by atoms with Crippen LogP contribution >= 0.6 is 0 Å². The second-order valence-electron chi connectivity index (χ2n) is 6.72. The maximum Gasteiger partial charge on any atom is 0.410 e. The highest BCUT2D eigenvalue weighted by Gasteiger charge is 2.44. The molecule has 118 valence electrons. The van der Waals surface area contributed by atoms with E-state index < -0.39 is 23.3 Å². The summed E-state index contributed by atoms with van der Waals surface area (Å²) < 4.78 is 10.6. The summed E-state index contributed by atoms with van der Waals surface area (Å²) in [4.78, 5) is 13.5. The predicted octanol–water partition coefficient (Wildman–Crippen LogP) is 1.96. The average molecular weight is 296 g/mol. The highest BCUT2D eigenvalue weighted by molar-refractivity contribution is 5.68. The molecule has 2 atom stereocenters. The summed E-state index contributed by atoms with van der Waals surface area (Å²) in [6, 6.07) is 1.21. The van der Waals surface area contributed by atoms with E-state index in [0.717, 1.165) is 11.3 Å². The molecule has 0 spiro atoms. The molecule has 21 heavy (non-hydrogen) atoms. The van der Waals surface area contributed by atoms with Crippen LogP contribution in [0.2, 0.25) is 0 Å². The van der Waals surface area contributed by atoms with E-state index in [-0.39, 0.29) is 6.54 Å². The fourth-order valence-corrected chi connectivity index (χ4v) is 2.49. The maximum absolute atomic E-state index is 12.0. The van der Waals surface area contributed by atoms with E-state index in [2.05, 4.69) is 0 Å². The summed E-state index contributed by atoms with van der Waals surface area (Å²) >= 11 is 0. The molecule has 6 nitrogen and oxygen atoms in total. The molecule has 0 bridgehead atoms. The Labute approximate surface area is 124 Å². The van der Waals surface area contributed by atoms with Gasteiger partial charge in [-0.05, 0) is 40.2 Å². The Hall–Kier alpha value is -1.53. The van der Waals surface area contributed by atoms with E-state index >= 15 is 0 Å². The molecule has 0 aromatic carbocycles. The van der Waals surface area contributed by atoms with Crippen LogP contribution in [0.1, 0.15) is 44.6 Å². The minimum atomic E-state index is -1.16. The zero-order chi connectivity index (χ0) is 15.8. The van der Waals surface area contributed by atoms with Crippen molar-refractivity contribution in [3.05, 3.63) is 23.7 Å². The third kappa shape index (κ3) is 3.57. The molecule has 2 heterocycles. The molecule has 1 aromatic rings. The van der Waals surface area contributed by atoms with E-state index in [0.29, 0.717) is 13.0 Å². The van der Waals surface area contributed by atoms with Crippen molar-refractivity contribution in [1.29, 1.82) is 0 Å². The topological polar surface area (TPSA) is 88.9 Å². The van der Waals surface area contributed by atoms with Crippen molar-refractivity contribution in [3.63, 3.8) is 0 Å². The van der Waals surface area contributed by atoms with Gasteiger partial charge >= 0.3 is 6.09 Å². The number of carbonyl (C=O) groups excluding carboxylic acids is 1. The summed E-state index contributed by atoms with van der Waals surface area (Å²) in [5.41, 5.74) is 5.17. The lowest BCUT2D eigenvalue weighted by atomic mass is 9.90. The molecule has 2 rings (SSSR count). The Bertz CT molecular complexity index is 520. The van der Waals surface area contributed by atoms with Gasteiger partial charge in [0.05, 0.1) is 18.8 Å². The van der Waals surface area contributed by atoms with Gasteiger partial charge in [-0.1, -0.05) is 0 Å². The Morgan fingerprint density at radius 3 is 2.76 bits per heavy atom. The number of furan rings is 1. The van der Waals surface area contributed by atoms with Gasteiger partial charge in [0, 0.05) is 12.1 Å². The number of hydrogen-bond donors (Lipinski definition) is 2. The van der Waals surface area contributed by atoms with Crippen LogP contribution in [0, 0.1) is 6.92 Å². The zero-order valence-corrected chi connectivity index (χ0v) is 13.0. The Morgan fingerprint density at radius 2 is 2.24 bits per heavy atom. The van der Waals surface area contributed by atoms with Crippen molar-refractivity contribution >= 4 is 6.09 Å². The van der Waals surface area contributed by atoms with Crippen molar-refractivity contribution in [3.8, 4) is 0 Å². The van der Waals surface area contributed by atoms with Gasteiger partial charge in [0.15, 0.2) is 0 Å². The standard InChI is InChI=1S/C15H24N2O4/c1-10-7-11(8-20-10)12(16)15(19)5-6-17(9-15)13(18)21-14(2,3)4/h7-8,12,19H,5-6,9,16H2,1-4H3. The maximum atomic E-state index is 12.0. The molecule has 1 aliphatic rings. The number of β-amino-alcohol motifs (C(OH)–C–C–N with tert-alkyl or cyclic N) is 1. The van der Waals surface area contributed by atoms with Crippen LogP contribution in [-0.2, 0) is 4.74 Å². The fraction of sp³-hybridized carbons (Fsp3) is 0.667. The Kier molecular flexibility index (Phi) is 4.04. The first kappa shape index (κ1) is 15.9. The number of aryl methyl sites for hydroxylation is 1. The molecule has 1 aromatic heterocycles. The molecule has 0 aliphatic carbocycles. The van der Waals surface area contributed by atoms with Gasteiger partial charge in [-0.25, -0.2) is 4.79 Å². The quantitative estimate of drug-likeness (QED) is 0.871. The summed E-state index contributed by atoms with van der Waals surface area (Å²) in [6.45, 7) is 7.85. The molecule has 1 fully saturated rings. The lowest BCUT2D eigenvalue weighted by molar-refractivity contribution is 0.00500. The van der Waals surface area contributed by atoms with Crippen molar-refractivity contribution in [2.24, 2.45) is 5.73 Å². The van der Waals surface area contributed by atoms with Gasteiger partial charge in [0.1, 0.15) is 17.0 Å². The van der Waals surface area contributed by atoms with Crippen LogP contribution in [-0.4, -0.2) is 40.4 Å². The van der Waals surface area contributed by atoms with Crippen LogP contribution in [0.5, 0.6) is 0 Å². The van der Waals surface area contributed by atoms with Crippen molar-refractivity contribution in [2.45, 2.75) is 51.4 Å². The summed E-state index contributed by atoms with van der Waals surface area (Å²) in [5.74, 6) is 0.742. The van der Waals surface area contributed by atoms with Crippen LogP contribution < -0.4 is 5.73 Å². The third-order valence-corrected chi connectivity index (χ3v) is 3.62. The van der Waals surface area contributed by atoms with Gasteiger partial charge in [-0.2, -0.15) is 0 Å². The molecule has 1 aliphatic heterocycles. The van der Waals surface area contributed by atoms with E-state index in [9.17, 15) is 9.90 Å². The molecule has 0 radical (unpaired) electrons. The average Bonchev–Trinajstić information content (AvgIpc) is 2.94. The van der Waals surface area contributed by atoms with Crippen LogP contribution in [0.15, 0.2) is 16.7 Å². The zero-order valence-electron chi connectivity index (χ0n) is 13.0. The molecule has 6 heteroatoms. The van der Waals surface area contributed by atoms with Gasteiger partial charge in [0.25, 0.3) is 0 Å². The van der Waals surface area contributed by atoms with Crippen molar-refractivity contribution in [1.82, 2.24) is 4.90 Å². The second kappa shape index (κ2) is 5.35. The van der Waals surface area contributed by atoms with E-state index in [4.69, 9.17) is 14.9 Å². The summed E-state index contributed by atoms with van der Waals surface area (Å²) in [7, 11) is 0. The number of hydrogen-bond acceptors (Lipinski definition) is 5. The molecule has 1 amide bonds. The highest BCUT2D eigenvalue weighted by Crippen LogP contribution is 2.33. The number of aliphatic hydroxyl groups is 1. The number of likely N-dealkylation sites (tertiary alicyclic amines) is 1. The first-order valence-electron chi connectivity index (χ1n) is 7.12. The summed E-state index contributed by atoms with van der Waals surface area (Å²) in [5, 5.41) is 10.7. The van der Waals surface area contributed by atoms with Crippen LogP contribution in [0.25, 0.3) is 0 Å². The predicted molar refractivity (Wildman–Crippen MR) is 77.7 cm³/mol. The first-order chi connectivity index (χ1) is 9.61. The SMILES string of the molecule is Cc1cc(C(N)C2(O)CCN(C(=O)OC(C)(C)C)C2)co1. The van der Waals surface area contributed by atoms with E-state index in [1.807, 2.05) is 27.7 Å². The Balaban J connectivity index is 2.04. The van der Waals surface area contributed by atoms with E-state index in [1.54, 1.807) is 12.3 Å². The highest BCUT2D eigenvalue weighted by atomic mass is 16.6. The smallest absolute Gasteiger partial charge is 0.410 e. The minimum absolute atomic E-state index is 0.160. The molecule has 1 saturated heterocycles. The minimum Gasteiger partial charge on any atom is -0.469 e. The number of nitrogens with two attached hydrogens (primary N) is 1. The fourth-order valence-electron chi connectivity index (χ4n) is 2.49. The lowest BCUT2D eigenvalue weighted by Crippen LogP contribution is -2.45. The lowest BCUT2D eigenvalue weighted by Gasteiger charge is -2.30. The second-order valence-corrected chi connectivity index (χ2v) is 6.72. The molecule has 2 unspecified atom stereocenters. The Morgan fingerprint density at radius 1 is 1.57 bits per heavy atom. The largest absolute Gasteiger partial charge is 0.469 e. The van der Waals surface area contributed by atoms with Crippen LogP contribution in [0.3, 0.4) is 0 Å². The van der Waals surface area contributed by atoms with Crippen molar-refractivity contribution in [2.75, 3.05) is 13.1 Å². The summed E-state index contributed by atoms with van der Waals surface area (Å²) in [6.07, 6.45) is 1.54. The van der Waals surface area contributed by atoms with Crippen molar-refractivity contribution < 1.29 is 19.1 Å². The van der Waals surface area contributed by atoms with Gasteiger partial charge in [-0.15, -0.1) is 0 Å². The number of nitrogens with zero attached hydrogens (tertiary/aromatic N) is 1. The van der Waals surface area contributed by atoms with E-state index in [1.165, 1.54) is 4.90 Å². The first-order valence-corrected chi connectivity index (χ1v) is 7.12. The number of carbonyl (C=O) groups is 1. The monoisotopic (exact) mass is 296 g/mol. The van der Waals surface area contributed by atoms with Crippen LogP contribution in [0.4, 0.5) is 4.79 Å². The van der Waals surface area contributed by atoms with Gasteiger partial charge < -0.3 is 24.9 Å². The molecule has 0 saturated carbocycles. The molecular formula is C15H24N2O4. The number of rotatable bonds is 2.